The van der Waals surface area contributed by atoms with Crippen LogP contribution in [0.4, 0.5) is 4.79 Å². The number of nitrogens with one attached hydrogen (secondary N) is 1. The maximum atomic E-state index is 11.8. The van der Waals surface area contributed by atoms with Crippen LogP contribution in [-0.2, 0) is 14.3 Å². The molecule has 2 N–H and O–H groups in total. The smallest absolute Gasteiger partial charge is 0.407 e. The zero-order valence-corrected chi connectivity index (χ0v) is 14.1. The Labute approximate surface area is 132 Å². The van der Waals surface area contributed by atoms with Crippen molar-refractivity contribution in [1.82, 2.24) is 5.32 Å². The van der Waals surface area contributed by atoms with Gasteiger partial charge in [0.25, 0.3) is 0 Å². The first kappa shape index (κ1) is 18.7. The second kappa shape index (κ2) is 7.81. The van der Waals surface area contributed by atoms with Crippen LogP contribution < -0.4 is 5.32 Å². The lowest BCUT2D eigenvalue weighted by atomic mass is 9.78. The molecule has 1 unspecified atom stereocenters. The summed E-state index contributed by atoms with van der Waals surface area (Å²) < 4.78 is 10.2. The minimum absolute atomic E-state index is 0.0947. The second-order valence-corrected chi connectivity index (χ2v) is 7.18. The topological polar surface area (TPSA) is 84.9 Å². The maximum Gasteiger partial charge on any atom is 0.407 e. The maximum absolute atomic E-state index is 11.8. The molecule has 128 valence electrons. The van der Waals surface area contributed by atoms with Crippen LogP contribution >= 0.6 is 0 Å². The molecule has 1 aliphatic carbocycles. The quantitative estimate of drug-likeness (QED) is 0.639. The SMILES string of the molecule is COCCCC(CNC(=O)OC(C)(C)C)(CC1CC1)C(=O)O. The van der Waals surface area contributed by atoms with E-state index in [4.69, 9.17) is 9.47 Å². The number of rotatable bonds is 9. The lowest BCUT2D eigenvalue weighted by Crippen LogP contribution is -2.45. The van der Waals surface area contributed by atoms with Gasteiger partial charge in [-0.2, -0.15) is 0 Å². The zero-order valence-electron chi connectivity index (χ0n) is 14.1. The number of hydrogen-bond donors (Lipinski definition) is 2. The lowest BCUT2D eigenvalue weighted by molar-refractivity contribution is -0.150. The van der Waals surface area contributed by atoms with E-state index in [2.05, 4.69) is 5.32 Å². The number of carboxylic acid groups (broad SMARTS) is 1. The number of alkyl carbamates (subject to hydrolysis) is 1. The highest BCUT2D eigenvalue weighted by Crippen LogP contribution is 2.42. The van der Waals surface area contributed by atoms with Gasteiger partial charge in [-0.15, -0.1) is 0 Å². The van der Waals surface area contributed by atoms with Gasteiger partial charge < -0.3 is 19.9 Å². The molecule has 1 fully saturated rings. The summed E-state index contributed by atoms with van der Waals surface area (Å²) in [5.41, 5.74) is -1.53. The van der Waals surface area contributed by atoms with Crippen LogP contribution in [0.15, 0.2) is 0 Å². The summed E-state index contributed by atoms with van der Waals surface area (Å²) in [4.78, 5) is 23.7. The molecule has 0 saturated heterocycles. The van der Waals surface area contributed by atoms with Gasteiger partial charge in [0.05, 0.1) is 5.41 Å². The Morgan fingerprint density at radius 2 is 1.91 bits per heavy atom. The third kappa shape index (κ3) is 6.64. The molecule has 0 aromatic rings. The summed E-state index contributed by atoms with van der Waals surface area (Å²) in [5.74, 6) is -0.398. The van der Waals surface area contributed by atoms with E-state index in [1.165, 1.54) is 0 Å². The second-order valence-electron chi connectivity index (χ2n) is 7.18. The van der Waals surface area contributed by atoms with Crippen molar-refractivity contribution in [3.8, 4) is 0 Å². The molecule has 0 aromatic heterocycles. The highest BCUT2D eigenvalue weighted by atomic mass is 16.6. The van der Waals surface area contributed by atoms with E-state index >= 15 is 0 Å². The first-order valence-corrected chi connectivity index (χ1v) is 7.88. The molecular formula is C16H29NO5. The largest absolute Gasteiger partial charge is 0.481 e. The van der Waals surface area contributed by atoms with Gasteiger partial charge in [0.1, 0.15) is 5.60 Å². The minimum atomic E-state index is -0.934. The van der Waals surface area contributed by atoms with Crippen LogP contribution in [0, 0.1) is 11.3 Å². The van der Waals surface area contributed by atoms with Crippen LogP contribution in [0.2, 0.25) is 0 Å². The zero-order chi connectivity index (χ0) is 16.8. The summed E-state index contributed by atoms with van der Waals surface area (Å²) in [6.07, 6.45) is 3.33. The normalized spacial score (nSPS) is 17.6. The van der Waals surface area contributed by atoms with Gasteiger partial charge in [-0.05, 0) is 46.0 Å². The first-order chi connectivity index (χ1) is 10.2. The van der Waals surface area contributed by atoms with E-state index < -0.39 is 23.1 Å². The number of amides is 1. The third-order valence-electron chi connectivity index (χ3n) is 3.80. The van der Waals surface area contributed by atoms with E-state index in [0.29, 0.717) is 31.8 Å². The molecule has 6 heteroatoms. The third-order valence-corrected chi connectivity index (χ3v) is 3.80. The van der Waals surface area contributed by atoms with Crippen LogP contribution in [0.25, 0.3) is 0 Å². The summed E-state index contributed by atoms with van der Waals surface area (Å²) in [7, 11) is 1.60. The number of carbonyl (C=O) groups excluding carboxylic acids is 1. The highest BCUT2D eigenvalue weighted by molar-refractivity contribution is 5.76. The summed E-state index contributed by atoms with van der Waals surface area (Å²) in [5, 5.41) is 12.4. The molecule has 1 rings (SSSR count). The van der Waals surface area contributed by atoms with Crippen molar-refractivity contribution in [3.05, 3.63) is 0 Å². The predicted molar refractivity (Wildman–Crippen MR) is 82.8 cm³/mol. The molecule has 0 heterocycles. The Hall–Kier alpha value is -1.30. The van der Waals surface area contributed by atoms with Crippen molar-refractivity contribution < 1.29 is 24.2 Å². The van der Waals surface area contributed by atoms with Gasteiger partial charge in [0.2, 0.25) is 0 Å². The molecule has 1 saturated carbocycles. The van der Waals surface area contributed by atoms with Gasteiger partial charge in [-0.3, -0.25) is 4.79 Å². The molecule has 0 spiro atoms. The van der Waals surface area contributed by atoms with Crippen LogP contribution in [0.5, 0.6) is 0 Å². The van der Waals surface area contributed by atoms with Gasteiger partial charge in [-0.25, -0.2) is 4.79 Å². The number of aliphatic carboxylic acids is 1. The van der Waals surface area contributed by atoms with Crippen molar-refractivity contribution in [1.29, 1.82) is 0 Å². The summed E-state index contributed by atoms with van der Waals surface area (Å²) >= 11 is 0. The van der Waals surface area contributed by atoms with Crippen LogP contribution in [-0.4, -0.2) is 43.0 Å². The Morgan fingerprint density at radius 3 is 2.36 bits per heavy atom. The van der Waals surface area contributed by atoms with Crippen molar-refractivity contribution in [2.24, 2.45) is 11.3 Å². The van der Waals surface area contributed by atoms with E-state index in [-0.39, 0.29) is 6.54 Å². The predicted octanol–water partition coefficient (Wildman–Crippen LogP) is 2.81. The Balaban J connectivity index is 2.66. The van der Waals surface area contributed by atoms with E-state index in [1.807, 2.05) is 0 Å². The summed E-state index contributed by atoms with van der Waals surface area (Å²) in [6.45, 7) is 5.95. The van der Waals surface area contributed by atoms with Crippen LogP contribution in [0.3, 0.4) is 0 Å². The number of hydrogen-bond acceptors (Lipinski definition) is 4. The summed E-state index contributed by atoms with van der Waals surface area (Å²) in [6, 6.07) is 0. The molecule has 22 heavy (non-hydrogen) atoms. The molecule has 6 nitrogen and oxygen atoms in total. The Bertz CT molecular complexity index is 386. The van der Waals surface area contributed by atoms with Crippen molar-refractivity contribution in [3.63, 3.8) is 0 Å². The number of ether oxygens (including phenoxy) is 2. The molecule has 1 atom stereocenters. The fraction of sp³-hybridized carbons (Fsp3) is 0.875. The standard InChI is InChI=1S/C16H29NO5/c1-15(2,3)22-14(20)17-11-16(13(18)19,8-5-9-21-4)10-12-6-7-12/h12H,5-11H2,1-4H3,(H,17,20)(H,18,19). The highest BCUT2D eigenvalue weighted by Gasteiger charge is 2.43. The van der Waals surface area contributed by atoms with Gasteiger partial charge in [0, 0.05) is 20.3 Å². The van der Waals surface area contributed by atoms with Gasteiger partial charge in [0.15, 0.2) is 0 Å². The molecule has 1 amide bonds. The number of carbonyl (C=O) groups is 2. The van der Waals surface area contributed by atoms with Crippen molar-refractivity contribution in [2.45, 2.75) is 58.5 Å². The molecular weight excluding hydrogens is 286 g/mol. The van der Waals surface area contributed by atoms with Gasteiger partial charge >= 0.3 is 12.1 Å². The number of methoxy groups -OCH3 is 1. The Morgan fingerprint density at radius 1 is 1.27 bits per heavy atom. The van der Waals surface area contributed by atoms with E-state index in [1.54, 1.807) is 27.9 Å². The van der Waals surface area contributed by atoms with Crippen LogP contribution in [0.1, 0.15) is 52.9 Å². The monoisotopic (exact) mass is 315 g/mol. The molecule has 1 aliphatic rings. The first-order valence-electron chi connectivity index (χ1n) is 7.88. The van der Waals surface area contributed by atoms with E-state index in [9.17, 15) is 14.7 Å². The fourth-order valence-corrected chi connectivity index (χ4v) is 2.52. The Kier molecular flexibility index (Phi) is 6.66. The average molecular weight is 315 g/mol. The fourth-order valence-electron chi connectivity index (χ4n) is 2.52. The molecule has 0 aromatic carbocycles. The molecule has 0 radical (unpaired) electrons. The van der Waals surface area contributed by atoms with Crippen molar-refractivity contribution in [2.75, 3.05) is 20.3 Å². The molecule has 0 bridgehead atoms. The van der Waals surface area contributed by atoms with Gasteiger partial charge in [-0.1, -0.05) is 12.8 Å². The molecule has 0 aliphatic heterocycles. The van der Waals surface area contributed by atoms with E-state index in [0.717, 1.165) is 12.8 Å². The average Bonchev–Trinajstić information content (AvgIpc) is 3.17. The minimum Gasteiger partial charge on any atom is -0.481 e. The number of carboxylic acids is 1. The van der Waals surface area contributed by atoms with Crippen molar-refractivity contribution >= 4 is 12.1 Å². The lowest BCUT2D eigenvalue weighted by Gasteiger charge is -2.30.